The van der Waals surface area contributed by atoms with Crippen LogP contribution in [0.1, 0.15) is 28.4 Å². The molecule has 3 rings (SSSR count). The lowest BCUT2D eigenvalue weighted by Crippen LogP contribution is -2.33. The van der Waals surface area contributed by atoms with Gasteiger partial charge in [0.2, 0.25) is 5.91 Å². The molecule has 0 spiro atoms. The van der Waals surface area contributed by atoms with E-state index in [1.165, 1.54) is 23.5 Å². The maximum atomic E-state index is 13.0. The lowest BCUT2D eigenvalue weighted by Gasteiger charge is -2.23. The summed E-state index contributed by atoms with van der Waals surface area (Å²) in [6, 6.07) is 20.0. The Hall–Kier alpha value is -3.39. The molecule has 1 amide bonds. The van der Waals surface area contributed by atoms with Crippen molar-refractivity contribution < 1.29 is 14.3 Å². The zero-order chi connectivity index (χ0) is 22.8. The van der Waals surface area contributed by atoms with Crippen LogP contribution >= 0.6 is 11.8 Å². The maximum Gasteiger partial charge on any atom is 0.343 e. The van der Waals surface area contributed by atoms with E-state index in [2.05, 4.69) is 22.1 Å². The van der Waals surface area contributed by atoms with Crippen molar-refractivity contribution in [3.8, 4) is 0 Å². The number of carbonyl (C=O) groups is 2. The SMILES string of the molecule is CCOC(=O)c1cnc(SCC(=O)N(CCc2ccccc2)Cc2ccccc2)nc1N. The first-order valence-corrected chi connectivity index (χ1v) is 11.3. The average Bonchev–Trinajstić information content (AvgIpc) is 2.81. The van der Waals surface area contributed by atoms with Crippen LogP contribution < -0.4 is 5.73 Å². The third-order valence-electron chi connectivity index (χ3n) is 4.70. The smallest absolute Gasteiger partial charge is 0.343 e. The standard InChI is InChI=1S/C24H26N4O3S/c1-2-31-23(30)20-15-26-24(27-22(20)25)32-17-21(29)28(16-19-11-7-4-8-12-19)14-13-18-9-5-3-6-10-18/h3-12,15H,2,13-14,16-17H2,1H3,(H2,25,26,27). The minimum Gasteiger partial charge on any atom is -0.462 e. The van der Waals surface area contributed by atoms with Gasteiger partial charge in [-0.05, 0) is 24.5 Å². The molecule has 0 bridgehead atoms. The number of nitrogens with two attached hydrogens (primary N) is 1. The van der Waals surface area contributed by atoms with Crippen molar-refractivity contribution in [3.63, 3.8) is 0 Å². The molecule has 32 heavy (non-hydrogen) atoms. The van der Waals surface area contributed by atoms with Gasteiger partial charge in [-0.2, -0.15) is 0 Å². The zero-order valence-corrected chi connectivity index (χ0v) is 18.8. The predicted octanol–water partition coefficient (Wildman–Crippen LogP) is 3.60. The number of thioether (sulfide) groups is 1. The van der Waals surface area contributed by atoms with Crippen LogP contribution in [0.15, 0.2) is 72.0 Å². The molecule has 0 saturated carbocycles. The van der Waals surface area contributed by atoms with Gasteiger partial charge in [0, 0.05) is 19.3 Å². The molecule has 0 aliphatic heterocycles. The molecule has 0 unspecified atom stereocenters. The Morgan fingerprint density at radius 1 is 1.03 bits per heavy atom. The number of esters is 1. The number of hydrogen-bond acceptors (Lipinski definition) is 7. The lowest BCUT2D eigenvalue weighted by molar-refractivity contribution is -0.128. The van der Waals surface area contributed by atoms with Crippen molar-refractivity contribution in [1.82, 2.24) is 14.9 Å². The van der Waals surface area contributed by atoms with E-state index >= 15 is 0 Å². The second-order valence-electron chi connectivity index (χ2n) is 7.00. The fourth-order valence-corrected chi connectivity index (χ4v) is 3.76. The predicted molar refractivity (Wildman–Crippen MR) is 125 cm³/mol. The molecule has 7 nitrogen and oxygen atoms in total. The summed E-state index contributed by atoms with van der Waals surface area (Å²) in [6.45, 7) is 3.08. The molecule has 0 aliphatic rings. The largest absolute Gasteiger partial charge is 0.462 e. The van der Waals surface area contributed by atoms with E-state index in [1.807, 2.05) is 53.4 Å². The van der Waals surface area contributed by atoms with Crippen LogP contribution in [0.2, 0.25) is 0 Å². The van der Waals surface area contributed by atoms with E-state index < -0.39 is 5.97 Å². The molecular formula is C24H26N4O3S. The molecule has 0 saturated heterocycles. The summed E-state index contributed by atoms with van der Waals surface area (Å²) in [6.07, 6.45) is 2.10. The Kier molecular flexibility index (Phi) is 8.62. The molecule has 0 aliphatic carbocycles. The van der Waals surface area contributed by atoms with Crippen molar-refractivity contribution >= 4 is 29.5 Å². The summed E-state index contributed by atoms with van der Waals surface area (Å²) in [7, 11) is 0. The number of anilines is 1. The van der Waals surface area contributed by atoms with Gasteiger partial charge in [-0.3, -0.25) is 4.79 Å². The Balaban J connectivity index is 1.64. The summed E-state index contributed by atoms with van der Waals surface area (Å²) in [5.41, 5.74) is 8.24. The lowest BCUT2D eigenvalue weighted by atomic mass is 10.1. The van der Waals surface area contributed by atoms with E-state index in [-0.39, 0.29) is 29.6 Å². The van der Waals surface area contributed by atoms with E-state index in [9.17, 15) is 9.59 Å². The van der Waals surface area contributed by atoms with Crippen molar-refractivity contribution in [2.45, 2.75) is 25.0 Å². The number of amides is 1. The van der Waals surface area contributed by atoms with Crippen LogP contribution in [0.5, 0.6) is 0 Å². The van der Waals surface area contributed by atoms with Crippen molar-refractivity contribution in [1.29, 1.82) is 0 Å². The second kappa shape index (κ2) is 11.9. The molecule has 3 aromatic rings. The third-order valence-corrected chi connectivity index (χ3v) is 5.54. The van der Waals surface area contributed by atoms with Crippen LogP contribution in [-0.4, -0.2) is 45.6 Å². The van der Waals surface area contributed by atoms with E-state index in [0.29, 0.717) is 18.2 Å². The highest BCUT2D eigenvalue weighted by molar-refractivity contribution is 7.99. The van der Waals surface area contributed by atoms with Crippen LogP contribution in [0, 0.1) is 0 Å². The summed E-state index contributed by atoms with van der Waals surface area (Å²) < 4.78 is 4.93. The highest BCUT2D eigenvalue weighted by Gasteiger charge is 2.17. The summed E-state index contributed by atoms with van der Waals surface area (Å²) >= 11 is 1.19. The van der Waals surface area contributed by atoms with Gasteiger partial charge in [-0.25, -0.2) is 14.8 Å². The number of hydrogen-bond donors (Lipinski definition) is 1. The Morgan fingerprint density at radius 3 is 2.31 bits per heavy atom. The van der Waals surface area contributed by atoms with Gasteiger partial charge in [0.1, 0.15) is 11.4 Å². The highest BCUT2D eigenvalue weighted by Crippen LogP contribution is 2.18. The van der Waals surface area contributed by atoms with Crippen LogP contribution in [0.3, 0.4) is 0 Å². The fraction of sp³-hybridized carbons (Fsp3) is 0.250. The second-order valence-corrected chi connectivity index (χ2v) is 7.94. The first kappa shape index (κ1) is 23.3. The number of ether oxygens (including phenoxy) is 1. The molecular weight excluding hydrogens is 424 g/mol. The van der Waals surface area contributed by atoms with Gasteiger partial charge >= 0.3 is 5.97 Å². The third kappa shape index (κ3) is 6.81. The van der Waals surface area contributed by atoms with Crippen LogP contribution in [0.25, 0.3) is 0 Å². The van der Waals surface area contributed by atoms with Crippen molar-refractivity contribution in [2.75, 3.05) is 24.6 Å². The minimum atomic E-state index is -0.562. The van der Waals surface area contributed by atoms with Gasteiger partial charge < -0.3 is 15.4 Å². The normalized spacial score (nSPS) is 10.5. The fourth-order valence-electron chi connectivity index (χ4n) is 3.04. The number of aromatic nitrogens is 2. The highest BCUT2D eigenvalue weighted by atomic mass is 32.2. The Morgan fingerprint density at radius 2 is 1.69 bits per heavy atom. The van der Waals surface area contributed by atoms with Crippen LogP contribution in [0.4, 0.5) is 5.82 Å². The number of benzene rings is 2. The summed E-state index contributed by atoms with van der Waals surface area (Å²) in [5, 5.41) is 0.339. The minimum absolute atomic E-state index is 0.0218. The summed E-state index contributed by atoms with van der Waals surface area (Å²) in [4.78, 5) is 35.0. The molecule has 1 aromatic heterocycles. The molecule has 0 radical (unpaired) electrons. The van der Waals surface area contributed by atoms with Crippen molar-refractivity contribution in [3.05, 3.63) is 83.6 Å². The van der Waals surface area contributed by atoms with E-state index in [0.717, 1.165) is 12.0 Å². The average molecular weight is 451 g/mol. The van der Waals surface area contributed by atoms with Gasteiger partial charge in [-0.1, -0.05) is 72.4 Å². The van der Waals surface area contributed by atoms with Gasteiger partial charge in [-0.15, -0.1) is 0 Å². The van der Waals surface area contributed by atoms with E-state index in [4.69, 9.17) is 10.5 Å². The van der Waals surface area contributed by atoms with Gasteiger partial charge in [0.15, 0.2) is 5.16 Å². The quantitative estimate of drug-likeness (QED) is 0.286. The first-order chi connectivity index (χ1) is 15.6. The topological polar surface area (TPSA) is 98.4 Å². The van der Waals surface area contributed by atoms with Crippen LogP contribution in [-0.2, 0) is 22.5 Å². The molecule has 166 valence electrons. The molecule has 1 heterocycles. The molecule has 2 N–H and O–H groups in total. The number of nitrogen functional groups attached to an aromatic ring is 1. The summed E-state index contributed by atoms with van der Waals surface area (Å²) in [5.74, 6) is -0.377. The molecule has 0 fully saturated rings. The molecule has 8 heteroatoms. The van der Waals surface area contributed by atoms with Crippen molar-refractivity contribution in [2.24, 2.45) is 0 Å². The Labute approximate surface area is 192 Å². The first-order valence-electron chi connectivity index (χ1n) is 10.3. The molecule has 2 aromatic carbocycles. The Bertz CT molecular complexity index is 1030. The zero-order valence-electron chi connectivity index (χ0n) is 17.9. The van der Waals surface area contributed by atoms with Gasteiger partial charge in [0.05, 0.1) is 12.4 Å². The number of carbonyl (C=O) groups excluding carboxylic acids is 2. The molecule has 0 atom stereocenters. The number of nitrogens with zero attached hydrogens (tertiary/aromatic N) is 3. The monoisotopic (exact) mass is 450 g/mol. The maximum absolute atomic E-state index is 13.0. The van der Waals surface area contributed by atoms with E-state index in [1.54, 1.807) is 6.92 Å². The van der Waals surface area contributed by atoms with Gasteiger partial charge in [0.25, 0.3) is 0 Å². The number of rotatable bonds is 10.